The number of rotatable bonds is 2. The molecule has 2 aromatic rings. The lowest BCUT2D eigenvalue weighted by Crippen LogP contribution is -2.45. The SMILES string of the molecule is Cc1csc([C@@H]2CCCN(C(=O)[C@H]3Cc4cccc(F)c4O3)C2)n1. The van der Waals surface area contributed by atoms with Crippen LogP contribution in [0.4, 0.5) is 4.39 Å². The van der Waals surface area contributed by atoms with Crippen LogP contribution >= 0.6 is 11.3 Å². The number of aromatic nitrogens is 1. The fourth-order valence-corrected chi connectivity index (χ4v) is 4.44. The van der Waals surface area contributed by atoms with Crippen molar-refractivity contribution in [3.63, 3.8) is 0 Å². The molecule has 2 aliphatic rings. The Balaban J connectivity index is 1.46. The molecule has 1 fully saturated rings. The largest absolute Gasteiger partial charge is 0.477 e. The number of likely N-dealkylation sites (tertiary alicyclic amines) is 1. The van der Waals surface area contributed by atoms with Gasteiger partial charge in [-0.2, -0.15) is 0 Å². The number of para-hydroxylation sites is 1. The number of carbonyl (C=O) groups excluding carboxylic acids is 1. The number of hydrogen-bond donors (Lipinski definition) is 0. The summed E-state index contributed by atoms with van der Waals surface area (Å²) in [4.78, 5) is 19.3. The number of carbonyl (C=O) groups is 1. The molecule has 0 unspecified atom stereocenters. The molecule has 4 nitrogen and oxygen atoms in total. The molecular formula is C18H19FN2O2S. The fraction of sp³-hybridized carbons (Fsp3) is 0.444. The van der Waals surface area contributed by atoms with Crippen LogP contribution in [0, 0.1) is 12.7 Å². The van der Waals surface area contributed by atoms with Crippen molar-refractivity contribution in [2.45, 2.75) is 38.2 Å². The lowest BCUT2D eigenvalue weighted by Gasteiger charge is -2.33. The first-order valence-electron chi connectivity index (χ1n) is 8.26. The zero-order valence-electron chi connectivity index (χ0n) is 13.5. The average molecular weight is 346 g/mol. The van der Waals surface area contributed by atoms with Crippen molar-refractivity contribution in [2.75, 3.05) is 13.1 Å². The van der Waals surface area contributed by atoms with Crippen molar-refractivity contribution >= 4 is 17.2 Å². The molecule has 0 saturated carbocycles. The van der Waals surface area contributed by atoms with Gasteiger partial charge >= 0.3 is 0 Å². The third kappa shape index (κ3) is 2.79. The third-order valence-electron chi connectivity index (χ3n) is 4.71. The minimum Gasteiger partial charge on any atom is -0.477 e. The molecule has 2 aliphatic heterocycles. The zero-order valence-corrected chi connectivity index (χ0v) is 14.3. The van der Waals surface area contributed by atoms with Gasteiger partial charge in [0.15, 0.2) is 17.7 Å². The Morgan fingerprint density at radius 1 is 1.46 bits per heavy atom. The Hall–Kier alpha value is -1.95. The fourth-order valence-electron chi connectivity index (χ4n) is 3.51. The van der Waals surface area contributed by atoms with Crippen LogP contribution in [0.2, 0.25) is 0 Å². The lowest BCUT2D eigenvalue weighted by molar-refractivity contribution is -0.139. The second-order valence-electron chi connectivity index (χ2n) is 6.49. The molecule has 0 spiro atoms. The average Bonchev–Trinajstić information content (AvgIpc) is 3.21. The van der Waals surface area contributed by atoms with Crippen LogP contribution in [0.3, 0.4) is 0 Å². The number of ether oxygens (including phenoxy) is 1. The smallest absolute Gasteiger partial charge is 0.264 e. The Bertz CT molecular complexity index is 776. The minimum atomic E-state index is -0.603. The molecule has 0 radical (unpaired) electrons. The number of hydrogen-bond acceptors (Lipinski definition) is 4. The van der Waals surface area contributed by atoms with E-state index < -0.39 is 11.9 Å². The molecule has 0 aliphatic carbocycles. The van der Waals surface area contributed by atoms with Crippen LogP contribution in [-0.2, 0) is 11.2 Å². The van der Waals surface area contributed by atoms with Gasteiger partial charge in [0.2, 0.25) is 0 Å². The second-order valence-corrected chi connectivity index (χ2v) is 7.38. The number of thiazole rings is 1. The van der Waals surface area contributed by atoms with Crippen molar-refractivity contribution in [3.8, 4) is 5.75 Å². The van der Waals surface area contributed by atoms with Crippen molar-refractivity contribution in [1.82, 2.24) is 9.88 Å². The van der Waals surface area contributed by atoms with Gasteiger partial charge in [0.05, 0.1) is 5.01 Å². The molecule has 1 amide bonds. The topological polar surface area (TPSA) is 42.4 Å². The summed E-state index contributed by atoms with van der Waals surface area (Å²) in [6.07, 6.45) is 1.86. The number of fused-ring (bicyclic) bond motifs is 1. The normalized spacial score (nSPS) is 23.0. The van der Waals surface area contributed by atoms with Crippen molar-refractivity contribution in [1.29, 1.82) is 0 Å². The van der Waals surface area contributed by atoms with E-state index in [1.807, 2.05) is 17.9 Å². The summed E-state index contributed by atoms with van der Waals surface area (Å²) in [7, 11) is 0. The highest BCUT2D eigenvalue weighted by Crippen LogP contribution is 2.34. The standard InChI is InChI=1S/C18H19FN2O2S/c1-11-10-24-17(20-11)13-5-3-7-21(9-13)18(22)15-8-12-4-2-6-14(19)16(12)23-15/h2,4,6,10,13,15H,3,5,7-9H2,1H3/t13-,15-/m1/s1. The number of benzene rings is 1. The highest BCUT2D eigenvalue weighted by atomic mass is 32.1. The van der Waals surface area contributed by atoms with E-state index in [-0.39, 0.29) is 11.7 Å². The van der Waals surface area contributed by atoms with Crippen LogP contribution in [0.15, 0.2) is 23.6 Å². The van der Waals surface area contributed by atoms with Gasteiger partial charge < -0.3 is 9.64 Å². The molecule has 4 rings (SSSR count). The first kappa shape index (κ1) is 15.6. The molecule has 3 heterocycles. The second kappa shape index (κ2) is 6.16. The van der Waals surface area contributed by atoms with Gasteiger partial charge in [-0.1, -0.05) is 12.1 Å². The lowest BCUT2D eigenvalue weighted by atomic mass is 9.98. The van der Waals surface area contributed by atoms with E-state index in [0.29, 0.717) is 18.9 Å². The summed E-state index contributed by atoms with van der Waals surface area (Å²) in [6, 6.07) is 4.85. The van der Waals surface area contributed by atoms with Crippen molar-refractivity contribution in [2.24, 2.45) is 0 Å². The zero-order chi connectivity index (χ0) is 16.7. The minimum absolute atomic E-state index is 0.0384. The highest BCUT2D eigenvalue weighted by molar-refractivity contribution is 7.09. The summed E-state index contributed by atoms with van der Waals surface area (Å²) >= 11 is 1.66. The molecule has 2 atom stereocenters. The number of halogens is 1. The summed E-state index contributed by atoms with van der Waals surface area (Å²) in [5, 5.41) is 3.15. The van der Waals surface area contributed by atoms with Crippen LogP contribution in [0.5, 0.6) is 5.75 Å². The molecule has 6 heteroatoms. The first-order valence-corrected chi connectivity index (χ1v) is 9.14. The van der Waals surface area contributed by atoms with E-state index in [1.165, 1.54) is 6.07 Å². The third-order valence-corrected chi connectivity index (χ3v) is 5.83. The summed E-state index contributed by atoms with van der Waals surface area (Å²) in [6.45, 7) is 3.40. The maximum atomic E-state index is 13.8. The monoisotopic (exact) mass is 346 g/mol. The number of amides is 1. The molecule has 126 valence electrons. The van der Waals surface area contributed by atoms with Crippen molar-refractivity contribution < 1.29 is 13.9 Å². The van der Waals surface area contributed by atoms with Gasteiger partial charge in [0, 0.05) is 42.1 Å². The predicted molar refractivity (Wildman–Crippen MR) is 89.9 cm³/mol. The molecule has 0 N–H and O–H groups in total. The van der Waals surface area contributed by atoms with Gasteiger partial charge in [0.25, 0.3) is 5.91 Å². The van der Waals surface area contributed by atoms with Crippen LogP contribution in [-0.4, -0.2) is 35.0 Å². The van der Waals surface area contributed by atoms with Crippen LogP contribution in [0.25, 0.3) is 0 Å². The van der Waals surface area contributed by atoms with E-state index in [1.54, 1.807) is 17.4 Å². The van der Waals surface area contributed by atoms with Gasteiger partial charge in [-0.05, 0) is 25.8 Å². The van der Waals surface area contributed by atoms with E-state index in [2.05, 4.69) is 10.4 Å². The Kier molecular flexibility index (Phi) is 4.00. The molecule has 1 aromatic heterocycles. The van der Waals surface area contributed by atoms with E-state index in [9.17, 15) is 9.18 Å². The van der Waals surface area contributed by atoms with E-state index >= 15 is 0 Å². The van der Waals surface area contributed by atoms with E-state index in [0.717, 1.165) is 35.7 Å². The molecule has 1 saturated heterocycles. The summed E-state index contributed by atoms with van der Waals surface area (Å²) < 4.78 is 19.4. The van der Waals surface area contributed by atoms with Gasteiger partial charge in [0.1, 0.15) is 0 Å². The maximum absolute atomic E-state index is 13.8. The maximum Gasteiger partial charge on any atom is 0.264 e. The summed E-state index contributed by atoms with van der Waals surface area (Å²) in [5.74, 6) is 0.100. The van der Waals surface area contributed by atoms with Gasteiger partial charge in [-0.15, -0.1) is 11.3 Å². The molecule has 0 bridgehead atoms. The number of aryl methyl sites for hydroxylation is 1. The Morgan fingerprint density at radius 2 is 2.33 bits per heavy atom. The van der Waals surface area contributed by atoms with Gasteiger partial charge in [-0.3, -0.25) is 4.79 Å². The Labute approximate surface area is 144 Å². The molecular weight excluding hydrogens is 327 g/mol. The summed E-state index contributed by atoms with van der Waals surface area (Å²) in [5.41, 5.74) is 1.81. The quantitative estimate of drug-likeness (QED) is 0.838. The molecule has 1 aromatic carbocycles. The predicted octanol–water partition coefficient (Wildman–Crippen LogP) is 3.30. The van der Waals surface area contributed by atoms with Crippen LogP contribution < -0.4 is 4.74 Å². The highest BCUT2D eigenvalue weighted by Gasteiger charge is 2.36. The number of nitrogens with zero attached hydrogens (tertiary/aromatic N) is 2. The first-order chi connectivity index (χ1) is 11.6. The van der Waals surface area contributed by atoms with Gasteiger partial charge in [-0.25, -0.2) is 9.37 Å². The van der Waals surface area contributed by atoms with E-state index in [4.69, 9.17) is 4.74 Å². The number of piperidine rings is 1. The molecule has 24 heavy (non-hydrogen) atoms. The van der Waals surface area contributed by atoms with Crippen LogP contribution in [0.1, 0.15) is 35.0 Å². The van der Waals surface area contributed by atoms with Crippen molar-refractivity contribution in [3.05, 3.63) is 45.7 Å². The Morgan fingerprint density at radius 3 is 3.08 bits per heavy atom.